The normalized spacial score (nSPS) is 16.1. The first kappa shape index (κ1) is 34.2. The average molecular weight is 701 g/mol. The number of nitrogens with one attached hydrogen (secondary N) is 1. The molecular weight excluding hydrogens is 657 g/mol. The molecule has 266 valence electrons. The summed E-state index contributed by atoms with van der Waals surface area (Å²) in [6.45, 7) is 5.25. The van der Waals surface area contributed by atoms with Crippen molar-refractivity contribution in [1.82, 2.24) is 30.6 Å². The van der Waals surface area contributed by atoms with Gasteiger partial charge in [-0.15, -0.1) is 15.0 Å². The summed E-state index contributed by atoms with van der Waals surface area (Å²) >= 11 is 0. The number of nitrogens with zero attached hydrogens (tertiary/aromatic N) is 5. The lowest BCUT2D eigenvalue weighted by Crippen LogP contribution is -2.42. The van der Waals surface area contributed by atoms with Gasteiger partial charge in [-0.1, -0.05) is 146 Å². The number of carbonyl (C=O) groups excluding carboxylic acids is 1. The van der Waals surface area contributed by atoms with Gasteiger partial charge in [0.1, 0.15) is 0 Å². The van der Waals surface area contributed by atoms with E-state index in [0.29, 0.717) is 24.8 Å². The molecule has 0 amide bonds. The van der Waals surface area contributed by atoms with Gasteiger partial charge in [-0.05, 0) is 71.2 Å². The molecule has 2 heterocycles. The molecule has 8 heteroatoms. The van der Waals surface area contributed by atoms with Crippen LogP contribution in [0.2, 0.25) is 0 Å². The van der Waals surface area contributed by atoms with Crippen LogP contribution in [0.15, 0.2) is 151 Å². The van der Waals surface area contributed by atoms with Gasteiger partial charge in [-0.2, -0.15) is 0 Å². The largest absolute Gasteiger partial charge is 0.463 e. The lowest BCUT2D eigenvalue weighted by Gasteiger charge is -2.34. The Morgan fingerprint density at radius 2 is 1.32 bits per heavy atom. The Balaban J connectivity index is 1.15. The first-order chi connectivity index (χ1) is 26.1. The number of tetrazole rings is 1. The Kier molecular flexibility index (Phi) is 9.70. The highest BCUT2D eigenvalue weighted by atomic mass is 16.5. The molecule has 1 fully saturated rings. The van der Waals surface area contributed by atoms with Gasteiger partial charge in [0.15, 0.2) is 5.54 Å². The Bertz CT molecular complexity index is 2100. The van der Waals surface area contributed by atoms with Crippen LogP contribution in [0.4, 0.5) is 0 Å². The fraction of sp³-hybridized carbons (Fsp3) is 0.244. The topological polar surface area (TPSA) is 85.2 Å². The van der Waals surface area contributed by atoms with Gasteiger partial charge in [-0.3, -0.25) is 0 Å². The van der Waals surface area contributed by atoms with Gasteiger partial charge < -0.3 is 10.2 Å². The molecule has 1 aliphatic heterocycles. The number of ether oxygens (including phenoxy) is 1. The highest BCUT2D eigenvalue weighted by Crippen LogP contribution is 2.42. The van der Waals surface area contributed by atoms with Crippen molar-refractivity contribution in [1.29, 1.82) is 0 Å². The number of aromatic nitrogens is 4. The van der Waals surface area contributed by atoms with Crippen LogP contribution in [0, 0.1) is 5.92 Å². The van der Waals surface area contributed by atoms with Crippen molar-refractivity contribution < 1.29 is 9.53 Å². The van der Waals surface area contributed by atoms with Crippen LogP contribution in [-0.4, -0.2) is 50.4 Å². The molecule has 1 N–H and O–H groups in total. The summed E-state index contributed by atoms with van der Waals surface area (Å²) < 4.78 is 5.58. The zero-order chi connectivity index (χ0) is 36.2. The summed E-state index contributed by atoms with van der Waals surface area (Å²) in [6.07, 6.45) is 3.91. The number of hydrogen-bond acceptors (Lipinski definition) is 7. The van der Waals surface area contributed by atoms with E-state index < -0.39 is 5.54 Å². The molecule has 0 bridgehead atoms. The third-order valence-electron chi connectivity index (χ3n) is 10.4. The van der Waals surface area contributed by atoms with Crippen LogP contribution in [0.3, 0.4) is 0 Å². The summed E-state index contributed by atoms with van der Waals surface area (Å²) in [5.74, 6) is 0.760. The van der Waals surface area contributed by atoms with Gasteiger partial charge >= 0.3 is 5.97 Å². The Labute approximate surface area is 311 Å². The molecule has 5 aromatic carbocycles. The van der Waals surface area contributed by atoms with Crippen molar-refractivity contribution in [3.63, 3.8) is 0 Å². The fourth-order valence-corrected chi connectivity index (χ4v) is 7.75. The van der Waals surface area contributed by atoms with Crippen LogP contribution < -0.4 is 5.43 Å². The summed E-state index contributed by atoms with van der Waals surface area (Å²) in [6, 6.07) is 47.9. The monoisotopic (exact) mass is 700 g/mol. The van der Waals surface area contributed by atoms with E-state index >= 15 is 0 Å². The van der Waals surface area contributed by atoms with Crippen molar-refractivity contribution in [3.8, 4) is 22.5 Å². The van der Waals surface area contributed by atoms with E-state index in [4.69, 9.17) is 20.1 Å². The molecule has 8 rings (SSSR count). The molecule has 0 spiro atoms. The molecular formula is C45H44N6O2. The van der Waals surface area contributed by atoms with Crippen molar-refractivity contribution in [2.75, 3.05) is 13.2 Å². The summed E-state index contributed by atoms with van der Waals surface area (Å²) in [5.41, 5.74) is 11.8. The molecule has 0 radical (unpaired) electrons. The average Bonchev–Trinajstić information content (AvgIpc) is 3.84. The predicted molar refractivity (Wildman–Crippen MR) is 207 cm³/mol. The highest BCUT2D eigenvalue weighted by Gasteiger charge is 2.43. The van der Waals surface area contributed by atoms with Gasteiger partial charge in [-0.25, -0.2) is 9.80 Å². The van der Waals surface area contributed by atoms with Crippen molar-refractivity contribution in [2.24, 2.45) is 5.92 Å². The zero-order valence-corrected chi connectivity index (χ0v) is 30.2. The van der Waals surface area contributed by atoms with E-state index in [9.17, 15) is 4.79 Å². The van der Waals surface area contributed by atoms with E-state index in [2.05, 4.69) is 127 Å². The van der Waals surface area contributed by atoms with E-state index in [-0.39, 0.29) is 12.0 Å². The molecule has 2 aliphatic rings. The van der Waals surface area contributed by atoms with E-state index in [0.717, 1.165) is 76.0 Å². The number of esters is 1. The zero-order valence-electron chi connectivity index (χ0n) is 30.2. The standard InChI is InChI=1S/C45H44N6O2/c1-3-30-50-40(41(44(52)53-4-2)42(47-50)34-28-29-34)31-32-24-26-33(27-25-32)38-22-14-15-23-39(38)43-46-49-51(48-43)45(35-16-8-5-9-17-35,36-18-10-6-11-19-36)37-20-12-7-13-21-37/h5-27,34,40,47H,3-4,28-31H2,1-2H3. The Morgan fingerprint density at radius 3 is 1.87 bits per heavy atom. The number of benzene rings is 5. The van der Waals surface area contributed by atoms with Gasteiger partial charge in [0.2, 0.25) is 5.82 Å². The van der Waals surface area contributed by atoms with Crippen LogP contribution >= 0.6 is 0 Å². The fourth-order valence-electron chi connectivity index (χ4n) is 7.75. The maximum absolute atomic E-state index is 13.3. The van der Waals surface area contributed by atoms with Gasteiger partial charge in [0.25, 0.3) is 0 Å². The Hall–Kier alpha value is -5.86. The number of hydrazine groups is 1. The number of allylic oxidation sites excluding steroid dienone is 1. The minimum absolute atomic E-state index is 0.0823. The van der Waals surface area contributed by atoms with Crippen molar-refractivity contribution in [3.05, 3.63) is 173 Å². The molecule has 1 atom stereocenters. The minimum atomic E-state index is -0.859. The minimum Gasteiger partial charge on any atom is -0.463 e. The van der Waals surface area contributed by atoms with Gasteiger partial charge in [0, 0.05) is 23.7 Å². The molecule has 6 aromatic rings. The number of carbonyl (C=O) groups is 1. The molecule has 1 aliphatic carbocycles. The lowest BCUT2D eigenvalue weighted by atomic mass is 9.77. The van der Waals surface area contributed by atoms with E-state index in [1.165, 1.54) is 0 Å². The second-order valence-electron chi connectivity index (χ2n) is 13.8. The van der Waals surface area contributed by atoms with Crippen molar-refractivity contribution >= 4 is 5.97 Å². The smallest absolute Gasteiger partial charge is 0.337 e. The second kappa shape index (κ2) is 15.0. The summed E-state index contributed by atoms with van der Waals surface area (Å²) in [7, 11) is 0. The van der Waals surface area contributed by atoms with E-state index in [1.807, 2.05) is 37.3 Å². The third-order valence-corrected chi connectivity index (χ3v) is 10.4. The van der Waals surface area contributed by atoms with Crippen LogP contribution in [-0.2, 0) is 21.5 Å². The number of hydrogen-bond donors (Lipinski definition) is 1. The Morgan fingerprint density at radius 1 is 0.755 bits per heavy atom. The maximum atomic E-state index is 13.3. The molecule has 0 saturated heterocycles. The molecule has 8 nitrogen and oxygen atoms in total. The van der Waals surface area contributed by atoms with Crippen LogP contribution in [0.5, 0.6) is 0 Å². The molecule has 1 saturated carbocycles. The van der Waals surface area contributed by atoms with Crippen LogP contribution in [0.25, 0.3) is 22.5 Å². The second-order valence-corrected chi connectivity index (χ2v) is 13.8. The predicted octanol–water partition coefficient (Wildman–Crippen LogP) is 8.22. The lowest BCUT2D eigenvalue weighted by molar-refractivity contribution is -0.139. The summed E-state index contributed by atoms with van der Waals surface area (Å²) in [4.78, 5) is 15.1. The highest BCUT2D eigenvalue weighted by molar-refractivity contribution is 5.91. The van der Waals surface area contributed by atoms with E-state index in [1.54, 1.807) is 4.80 Å². The quantitative estimate of drug-likeness (QED) is 0.0960. The molecule has 53 heavy (non-hydrogen) atoms. The third kappa shape index (κ3) is 6.55. The maximum Gasteiger partial charge on any atom is 0.337 e. The first-order valence-electron chi connectivity index (χ1n) is 18.7. The van der Waals surface area contributed by atoms with Crippen LogP contribution in [0.1, 0.15) is 55.4 Å². The van der Waals surface area contributed by atoms with Crippen molar-refractivity contribution in [2.45, 2.75) is 51.1 Å². The molecule has 1 aromatic heterocycles. The first-order valence-corrected chi connectivity index (χ1v) is 18.7. The number of rotatable bonds is 13. The SMILES string of the molecule is CCCN1NC(C2CC2)=C(C(=O)OCC)C1Cc1ccc(-c2ccccc2-c2nnn(C(c3ccccc3)(c3ccccc3)c3ccccc3)n2)cc1. The summed E-state index contributed by atoms with van der Waals surface area (Å²) in [5, 5.41) is 16.9. The molecule has 1 unspecified atom stereocenters. The van der Waals surface area contributed by atoms with Gasteiger partial charge in [0.05, 0.1) is 18.2 Å².